The predicted octanol–water partition coefficient (Wildman–Crippen LogP) is 4.02. The molecule has 1 rings (SSSR count). The summed E-state index contributed by atoms with van der Waals surface area (Å²) in [5.41, 5.74) is 1.22. The SMILES string of the molecule is Cc1cc(Br)c(Cl)c(I)c1. The van der Waals surface area contributed by atoms with Crippen molar-refractivity contribution in [2.45, 2.75) is 6.92 Å². The third-order valence-corrected chi connectivity index (χ3v) is 3.56. The van der Waals surface area contributed by atoms with Gasteiger partial charge in [0.2, 0.25) is 0 Å². The lowest BCUT2D eigenvalue weighted by molar-refractivity contribution is 1.43. The quantitative estimate of drug-likeness (QED) is 0.498. The van der Waals surface area contributed by atoms with Crippen LogP contribution < -0.4 is 0 Å². The fraction of sp³-hybridized carbons (Fsp3) is 0.143. The first-order valence-corrected chi connectivity index (χ1v) is 4.97. The maximum atomic E-state index is 5.90. The topological polar surface area (TPSA) is 0 Å². The zero-order valence-corrected chi connectivity index (χ0v) is 9.79. The molecule has 0 bridgehead atoms. The molecule has 0 unspecified atom stereocenters. The van der Waals surface area contributed by atoms with E-state index in [1.165, 1.54) is 5.56 Å². The Bertz CT molecular complexity index is 237. The normalized spacial score (nSPS) is 10.0. The van der Waals surface area contributed by atoms with Crippen molar-refractivity contribution in [3.8, 4) is 0 Å². The molecule has 0 aliphatic carbocycles. The van der Waals surface area contributed by atoms with E-state index >= 15 is 0 Å². The Labute approximate surface area is 87.2 Å². The summed E-state index contributed by atoms with van der Waals surface area (Å²) in [4.78, 5) is 0. The molecule has 0 saturated carbocycles. The molecule has 0 aliphatic rings. The highest BCUT2D eigenvalue weighted by Gasteiger charge is 2.01. The van der Waals surface area contributed by atoms with Gasteiger partial charge < -0.3 is 0 Å². The van der Waals surface area contributed by atoms with Crippen LogP contribution in [0.15, 0.2) is 16.6 Å². The molecular formula is C7H5BrClI. The van der Waals surface area contributed by atoms with Crippen molar-refractivity contribution in [1.82, 2.24) is 0 Å². The van der Waals surface area contributed by atoms with E-state index < -0.39 is 0 Å². The molecule has 0 amide bonds. The lowest BCUT2D eigenvalue weighted by Crippen LogP contribution is -1.78. The average Bonchev–Trinajstić information content (AvgIpc) is 1.82. The Morgan fingerprint density at radius 2 is 2.10 bits per heavy atom. The molecule has 10 heavy (non-hydrogen) atoms. The van der Waals surface area contributed by atoms with Gasteiger partial charge in [0.25, 0.3) is 0 Å². The van der Waals surface area contributed by atoms with Crippen LogP contribution in [0.1, 0.15) is 5.56 Å². The highest BCUT2D eigenvalue weighted by molar-refractivity contribution is 14.1. The zero-order valence-electron chi connectivity index (χ0n) is 5.29. The van der Waals surface area contributed by atoms with Crippen LogP contribution in [-0.4, -0.2) is 0 Å². The summed E-state index contributed by atoms with van der Waals surface area (Å²) in [6.45, 7) is 2.04. The Morgan fingerprint density at radius 1 is 1.50 bits per heavy atom. The molecule has 0 N–H and O–H groups in total. The van der Waals surface area contributed by atoms with Crippen molar-refractivity contribution < 1.29 is 0 Å². The Morgan fingerprint density at radius 3 is 2.60 bits per heavy atom. The zero-order chi connectivity index (χ0) is 7.72. The van der Waals surface area contributed by atoms with Crippen LogP contribution in [0.3, 0.4) is 0 Å². The van der Waals surface area contributed by atoms with Crippen molar-refractivity contribution in [2.75, 3.05) is 0 Å². The number of aryl methyl sites for hydroxylation is 1. The van der Waals surface area contributed by atoms with E-state index in [0.29, 0.717) is 0 Å². The van der Waals surface area contributed by atoms with Gasteiger partial charge in [0.1, 0.15) is 0 Å². The highest BCUT2D eigenvalue weighted by Crippen LogP contribution is 2.28. The fourth-order valence-electron chi connectivity index (χ4n) is 0.682. The van der Waals surface area contributed by atoms with Crippen molar-refractivity contribution >= 4 is 50.1 Å². The number of rotatable bonds is 0. The maximum Gasteiger partial charge on any atom is 0.0681 e. The summed E-state index contributed by atoms with van der Waals surface area (Å²) in [5, 5.41) is 0.797. The van der Waals surface area contributed by atoms with Gasteiger partial charge >= 0.3 is 0 Å². The highest BCUT2D eigenvalue weighted by atomic mass is 127. The van der Waals surface area contributed by atoms with Gasteiger partial charge in [0.05, 0.1) is 5.02 Å². The summed E-state index contributed by atoms with van der Waals surface area (Å²) < 4.78 is 2.06. The lowest BCUT2D eigenvalue weighted by atomic mass is 10.2. The number of hydrogen-bond donors (Lipinski definition) is 0. The minimum absolute atomic E-state index is 0.797. The van der Waals surface area contributed by atoms with Gasteiger partial charge in [-0.05, 0) is 63.1 Å². The van der Waals surface area contributed by atoms with Gasteiger partial charge in [-0.25, -0.2) is 0 Å². The number of halogens is 3. The number of benzene rings is 1. The first-order valence-electron chi connectivity index (χ1n) is 2.72. The molecule has 1 aromatic rings. The minimum Gasteiger partial charge on any atom is -0.0819 e. The molecule has 0 saturated heterocycles. The molecule has 0 radical (unpaired) electrons. The summed E-state index contributed by atoms with van der Waals surface area (Å²) in [6, 6.07) is 4.05. The molecule has 0 heterocycles. The second kappa shape index (κ2) is 3.41. The van der Waals surface area contributed by atoms with E-state index in [2.05, 4.69) is 38.5 Å². The lowest BCUT2D eigenvalue weighted by Gasteiger charge is -1.99. The molecule has 1 aromatic carbocycles. The van der Waals surface area contributed by atoms with Crippen LogP contribution in [-0.2, 0) is 0 Å². The van der Waals surface area contributed by atoms with E-state index in [-0.39, 0.29) is 0 Å². The van der Waals surface area contributed by atoms with Crippen LogP contribution in [0.2, 0.25) is 5.02 Å². The molecule has 3 heteroatoms. The first-order chi connectivity index (χ1) is 4.61. The van der Waals surface area contributed by atoms with Crippen molar-refractivity contribution in [3.63, 3.8) is 0 Å². The van der Waals surface area contributed by atoms with Crippen LogP contribution in [0.5, 0.6) is 0 Å². The standard InChI is InChI=1S/C7H5BrClI/c1-4-2-5(8)7(9)6(10)3-4/h2-3H,1H3. The largest absolute Gasteiger partial charge is 0.0819 e. The van der Waals surface area contributed by atoms with Crippen molar-refractivity contribution in [3.05, 3.63) is 30.8 Å². The van der Waals surface area contributed by atoms with E-state index in [0.717, 1.165) is 13.1 Å². The fourth-order valence-corrected chi connectivity index (χ4v) is 2.52. The van der Waals surface area contributed by atoms with Gasteiger partial charge in [-0.3, -0.25) is 0 Å². The molecule has 0 spiro atoms. The van der Waals surface area contributed by atoms with Crippen LogP contribution in [0.25, 0.3) is 0 Å². The maximum absolute atomic E-state index is 5.90. The molecule has 0 aliphatic heterocycles. The van der Waals surface area contributed by atoms with Gasteiger partial charge in [-0.1, -0.05) is 11.6 Å². The predicted molar refractivity (Wildman–Crippen MR) is 56.6 cm³/mol. The van der Waals surface area contributed by atoms with Crippen molar-refractivity contribution in [2.24, 2.45) is 0 Å². The Hall–Kier alpha value is 0.720. The summed E-state index contributed by atoms with van der Waals surface area (Å²) >= 11 is 11.5. The summed E-state index contributed by atoms with van der Waals surface area (Å²) in [6.07, 6.45) is 0. The molecule has 0 aromatic heterocycles. The third-order valence-electron chi connectivity index (χ3n) is 1.13. The van der Waals surface area contributed by atoms with Crippen LogP contribution in [0.4, 0.5) is 0 Å². The van der Waals surface area contributed by atoms with E-state index in [4.69, 9.17) is 11.6 Å². The Balaban J connectivity index is 3.31. The molecule has 0 atom stereocenters. The van der Waals surface area contributed by atoms with Gasteiger partial charge in [-0.15, -0.1) is 0 Å². The second-order valence-corrected chi connectivity index (χ2v) is 4.44. The smallest absolute Gasteiger partial charge is 0.0681 e. The summed E-state index contributed by atoms with van der Waals surface area (Å²) in [7, 11) is 0. The molecule has 54 valence electrons. The van der Waals surface area contributed by atoms with Crippen LogP contribution in [0, 0.1) is 10.5 Å². The van der Waals surface area contributed by atoms with Crippen LogP contribution >= 0.6 is 50.1 Å². The summed E-state index contributed by atoms with van der Waals surface area (Å²) in [5.74, 6) is 0. The van der Waals surface area contributed by atoms with E-state index in [9.17, 15) is 0 Å². The minimum atomic E-state index is 0.797. The Kier molecular flexibility index (Phi) is 3.01. The van der Waals surface area contributed by atoms with Gasteiger partial charge in [-0.2, -0.15) is 0 Å². The van der Waals surface area contributed by atoms with E-state index in [1.807, 2.05) is 19.1 Å². The molecule has 0 fully saturated rings. The van der Waals surface area contributed by atoms with Gasteiger partial charge in [0.15, 0.2) is 0 Å². The van der Waals surface area contributed by atoms with E-state index in [1.54, 1.807) is 0 Å². The van der Waals surface area contributed by atoms with Gasteiger partial charge in [0, 0.05) is 8.04 Å². The number of hydrogen-bond acceptors (Lipinski definition) is 0. The first kappa shape index (κ1) is 8.81. The average molecular weight is 331 g/mol. The van der Waals surface area contributed by atoms with Crippen molar-refractivity contribution in [1.29, 1.82) is 0 Å². The second-order valence-electron chi connectivity index (χ2n) is 2.04. The molecule has 0 nitrogen and oxygen atoms in total. The third kappa shape index (κ3) is 1.86. The monoisotopic (exact) mass is 330 g/mol. The molecular weight excluding hydrogens is 326 g/mol.